The average molecular weight is 388 g/mol. The van der Waals surface area contributed by atoms with Gasteiger partial charge < -0.3 is 14.9 Å². The summed E-state index contributed by atoms with van der Waals surface area (Å²) >= 11 is 1.53. The molecule has 3 rings (SSSR count). The second-order valence-electron chi connectivity index (χ2n) is 6.12. The summed E-state index contributed by atoms with van der Waals surface area (Å²) in [7, 11) is 1.47. The van der Waals surface area contributed by atoms with Crippen molar-refractivity contribution in [2.75, 3.05) is 7.11 Å². The largest absolute Gasteiger partial charge is 0.504 e. The molecule has 27 heavy (non-hydrogen) atoms. The maximum Gasteiger partial charge on any atom is 0.303 e. The van der Waals surface area contributed by atoms with E-state index in [4.69, 9.17) is 9.84 Å². The Bertz CT molecular complexity index is 863. The van der Waals surface area contributed by atoms with Crippen molar-refractivity contribution in [1.82, 2.24) is 5.01 Å². The van der Waals surface area contributed by atoms with Crippen molar-refractivity contribution in [1.29, 1.82) is 0 Å². The number of methoxy groups -OCH3 is 1. The number of hydrazone groups is 1. The van der Waals surface area contributed by atoms with Crippen LogP contribution in [0, 0.1) is 0 Å². The van der Waals surface area contributed by atoms with E-state index in [0.717, 1.165) is 4.88 Å². The highest BCUT2D eigenvalue weighted by Crippen LogP contribution is 2.39. The van der Waals surface area contributed by atoms with Gasteiger partial charge in [0.1, 0.15) is 0 Å². The maximum absolute atomic E-state index is 12.7. The van der Waals surface area contributed by atoms with Gasteiger partial charge in [0.2, 0.25) is 5.91 Å². The molecule has 0 spiro atoms. The minimum atomic E-state index is -0.926. The molecule has 0 aliphatic carbocycles. The molecule has 0 unspecified atom stereocenters. The van der Waals surface area contributed by atoms with Crippen LogP contribution in [0.5, 0.6) is 11.5 Å². The van der Waals surface area contributed by atoms with Gasteiger partial charge >= 0.3 is 5.97 Å². The lowest BCUT2D eigenvalue weighted by Gasteiger charge is -2.20. The van der Waals surface area contributed by atoms with Crippen LogP contribution in [0.1, 0.15) is 42.2 Å². The summed E-state index contributed by atoms with van der Waals surface area (Å²) in [6.45, 7) is 0. The number of carboxylic acids is 1. The number of amides is 1. The number of thiophene rings is 1. The van der Waals surface area contributed by atoms with Crippen LogP contribution in [0.3, 0.4) is 0 Å². The zero-order chi connectivity index (χ0) is 19.4. The number of carboxylic acid groups (broad SMARTS) is 1. The molecule has 1 aliphatic rings. The first-order chi connectivity index (χ1) is 13.0. The summed E-state index contributed by atoms with van der Waals surface area (Å²) in [5.74, 6) is -0.825. The number of nitrogens with zero attached hydrogens (tertiary/aromatic N) is 2. The van der Waals surface area contributed by atoms with E-state index in [9.17, 15) is 14.7 Å². The average Bonchev–Trinajstić information content (AvgIpc) is 3.31. The number of aliphatic carboxylic acids is 1. The molecule has 0 bridgehead atoms. The van der Waals surface area contributed by atoms with Crippen LogP contribution in [0.25, 0.3) is 0 Å². The minimum Gasteiger partial charge on any atom is -0.504 e. The van der Waals surface area contributed by atoms with Gasteiger partial charge in [0.25, 0.3) is 0 Å². The first-order valence-electron chi connectivity index (χ1n) is 8.52. The third-order valence-corrected chi connectivity index (χ3v) is 5.32. The predicted molar refractivity (Wildman–Crippen MR) is 101 cm³/mol. The highest BCUT2D eigenvalue weighted by molar-refractivity contribution is 7.10. The van der Waals surface area contributed by atoms with Crippen molar-refractivity contribution < 1.29 is 24.5 Å². The number of hydrogen-bond donors (Lipinski definition) is 2. The van der Waals surface area contributed by atoms with E-state index in [2.05, 4.69) is 5.10 Å². The fourth-order valence-electron chi connectivity index (χ4n) is 3.03. The molecule has 0 fully saturated rings. The predicted octanol–water partition coefficient (Wildman–Crippen LogP) is 3.39. The lowest BCUT2D eigenvalue weighted by Crippen LogP contribution is -2.26. The summed E-state index contributed by atoms with van der Waals surface area (Å²) in [4.78, 5) is 24.3. The number of phenols is 1. The fraction of sp³-hybridized carbons (Fsp3) is 0.316. The van der Waals surface area contributed by atoms with Crippen LogP contribution in [-0.2, 0) is 9.59 Å². The van der Waals surface area contributed by atoms with Crippen molar-refractivity contribution in [3.63, 3.8) is 0 Å². The Hall–Kier alpha value is -2.87. The number of phenolic OH excluding ortho intramolecular Hbond substituents is 1. The van der Waals surface area contributed by atoms with Gasteiger partial charge in [-0.05, 0) is 30.0 Å². The summed E-state index contributed by atoms with van der Waals surface area (Å²) in [5, 5.41) is 27.0. The summed E-state index contributed by atoms with van der Waals surface area (Å²) < 4.78 is 5.16. The van der Waals surface area contributed by atoms with Gasteiger partial charge in [-0.1, -0.05) is 12.1 Å². The van der Waals surface area contributed by atoms with Gasteiger partial charge in [-0.2, -0.15) is 5.10 Å². The Kier molecular flexibility index (Phi) is 5.75. The second kappa shape index (κ2) is 8.22. The molecule has 2 aromatic rings. The fourth-order valence-corrected chi connectivity index (χ4v) is 3.84. The van der Waals surface area contributed by atoms with Gasteiger partial charge in [-0.15, -0.1) is 11.3 Å². The Morgan fingerprint density at radius 3 is 2.78 bits per heavy atom. The number of ether oxygens (including phenoxy) is 1. The number of carbonyl (C=O) groups excluding carboxylic acids is 1. The van der Waals surface area contributed by atoms with Crippen LogP contribution < -0.4 is 4.74 Å². The molecule has 7 nitrogen and oxygen atoms in total. The first kappa shape index (κ1) is 18.9. The van der Waals surface area contributed by atoms with E-state index >= 15 is 0 Å². The summed E-state index contributed by atoms with van der Waals surface area (Å²) in [6, 6.07) is 8.74. The van der Waals surface area contributed by atoms with E-state index in [0.29, 0.717) is 23.4 Å². The number of rotatable bonds is 7. The van der Waals surface area contributed by atoms with Gasteiger partial charge in [-0.25, -0.2) is 5.01 Å². The third kappa shape index (κ3) is 4.11. The van der Waals surface area contributed by atoms with E-state index in [1.165, 1.54) is 23.5 Å². The maximum atomic E-state index is 12.7. The van der Waals surface area contributed by atoms with E-state index in [1.54, 1.807) is 18.2 Å². The molecular formula is C19H20N2O5S. The number of benzene rings is 1. The van der Waals surface area contributed by atoms with Crippen molar-refractivity contribution in [3.05, 3.63) is 46.2 Å². The van der Waals surface area contributed by atoms with Crippen molar-refractivity contribution >= 4 is 28.9 Å². The highest BCUT2D eigenvalue weighted by atomic mass is 32.1. The van der Waals surface area contributed by atoms with Gasteiger partial charge in [0.15, 0.2) is 11.5 Å². The number of aromatic hydroxyl groups is 1. The summed E-state index contributed by atoms with van der Waals surface area (Å²) in [6.07, 6.45) is 0.772. The molecule has 2 N–H and O–H groups in total. The molecule has 0 radical (unpaired) electrons. The Labute approximate surface area is 160 Å². The van der Waals surface area contributed by atoms with Gasteiger partial charge in [-0.3, -0.25) is 9.59 Å². The number of para-hydroxylation sites is 1. The zero-order valence-corrected chi connectivity index (χ0v) is 15.6. The van der Waals surface area contributed by atoms with Crippen LogP contribution >= 0.6 is 11.3 Å². The van der Waals surface area contributed by atoms with Crippen molar-refractivity contribution in [2.24, 2.45) is 5.10 Å². The second-order valence-corrected chi connectivity index (χ2v) is 7.10. The lowest BCUT2D eigenvalue weighted by molar-refractivity contribution is -0.137. The highest BCUT2D eigenvalue weighted by Gasteiger charge is 2.34. The Morgan fingerprint density at radius 1 is 1.30 bits per heavy atom. The molecule has 1 aromatic carbocycles. The molecular weight excluding hydrogens is 368 g/mol. The molecule has 1 aromatic heterocycles. The number of carbonyl (C=O) groups is 2. The lowest BCUT2D eigenvalue weighted by atomic mass is 10.0. The zero-order valence-electron chi connectivity index (χ0n) is 14.8. The molecule has 2 heterocycles. The van der Waals surface area contributed by atoms with Crippen molar-refractivity contribution in [3.8, 4) is 11.5 Å². The monoisotopic (exact) mass is 388 g/mol. The SMILES string of the molecule is COc1cccc(C2=NN(C(=O)CCCC(=O)O)[C@@H](c3cccs3)C2)c1O. The molecule has 8 heteroatoms. The standard InChI is InChI=1S/C19H20N2O5S/c1-26-15-6-2-5-12(19(15)25)13-11-14(16-7-4-10-27-16)21(20-13)17(22)8-3-9-18(23)24/h2,4-7,10,14,25H,3,8-9,11H2,1H3,(H,23,24)/t14-/m1/s1. The van der Waals surface area contributed by atoms with Crippen LogP contribution in [-0.4, -0.2) is 39.9 Å². The molecule has 142 valence electrons. The first-order valence-corrected chi connectivity index (χ1v) is 9.40. The Morgan fingerprint density at radius 2 is 2.11 bits per heavy atom. The summed E-state index contributed by atoms with van der Waals surface area (Å²) in [5.41, 5.74) is 1.12. The molecule has 1 amide bonds. The molecule has 0 saturated heterocycles. The normalized spacial score (nSPS) is 16.3. The van der Waals surface area contributed by atoms with Crippen LogP contribution in [0.2, 0.25) is 0 Å². The smallest absolute Gasteiger partial charge is 0.303 e. The van der Waals surface area contributed by atoms with E-state index in [1.807, 2.05) is 17.5 Å². The van der Waals surface area contributed by atoms with Gasteiger partial charge in [0, 0.05) is 29.7 Å². The third-order valence-electron chi connectivity index (χ3n) is 4.35. The van der Waals surface area contributed by atoms with Crippen LogP contribution in [0.15, 0.2) is 40.8 Å². The number of hydrogen-bond acceptors (Lipinski definition) is 6. The molecule has 0 saturated carbocycles. The van der Waals surface area contributed by atoms with Crippen LogP contribution in [0.4, 0.5) is 0 Å². The van der Waals surface area contributed by atoms with Crippen molar-refractivity contribution in [2.45, 2.75) is 31.7 Å². The molecule has 1 atom stereocenters. The minimum absolute atomic E-state index is 0.0103. The molecule has 1 aliphatic heterocycles. The quantitative estimate of drug-likeness (QED) is 0.757. The van der Waals surface area contributed by atoms with E-state index < -0.39 is 5.97 Å². The topological polar surface area (TPSA) is 99.4 Å². The Balaban J connectivity index is 1.88. The van der Waals surface area contributed by atoms with Gasteiger partial charge in [0.05, 0.1) is 18.9 Å². The van der Waals surface area contributed by atoms with E-state index in [-0.39, 0.29) is 37.0 Å².